The summed E-state index contributed by atoms with van der Waals surface area (Å²) in [5, 5.41) is 12.8. The van der Waals surface area contributed by atoms with Crippen molar-refractivity contribution in [2.24, 2.45) is 5.92 Å². The molecule has 0 aliphatic rings. The van der Waals surface area contributed by atoms with Gasteiger partial charge < -0.3 is 20.0 Å². The average molecular weight is 432 g/mol. The number of amides is 1. The molecule has 0 radical (unpaired) electrons. The molecule has 0 bridgehead atoms. The van der Waals surface area contributed by atoms with E-state index in [2.05, 4.69) is 5.32 Å². The molecule has 0 aliphatic heterocycles. The molecule has 166 valence electrons. The van der Waals surface area contributed by atoms with Crippen LogP contribution in [0.5, 0.6) is 0 Å². The Balaban J connectivity index is 2.97. The Morgan fingerprint density at radius 1 is 1.21 bits per heavy atom. The van der Waals surface area contributed by atoms with Crippen LogP contribution >= 0.6 is 0 Å². The second kappa shape index (κ2) is 9.53. The molecular weight excluding hydrogens is 396 g/mol. The largest absolute Gasteiger partial charge is 0.444 e. The van der Waals surface area contributed by atoms with Crippen LogP contribution in [0.2, 0.25) is 18.1 Å². The van der Waals surface area contributed by atoms with Crippen molar-refractivity contribution in [2.75, 3.05) is 6.54 Å². The Labute approximate surface area is 173 Å². The van der Waals surface area contributed by atoms with Crippen molar-refractivity contribution in [3.8, 4) is 0 Å². The molecule has 0 aliphatic carbocycles. The number of hydrogen-bond donors (Lipinski definition) is 3. The summed E-state index contributed by atoms with van der Waals surface area (Å²) in [6.07, 6.45) is -1.24. The van der Waals surface area contributed by atoms with Gasteiger partial charge in [-0.25, -0.2) is 13.6 Å². The van der Waals surface area contributed by atoms with Gasteiger partial charge in [-0.2, -0.15) is 0 Å². The van der Waals surface area contributed by atoms with Crippen molar-refractivity contribution < 1.29 is 28.2 Å². The zero-order valence-corrected chi connectivity index (χ0v) is 19.5. The summed E-state index contributed by atoms with van der Waals surface area (Å²) in [5.74, 6) is -1.60. The second-order valence-electron chi connectivity index (χ2n) is 9.81. The lowest BCUT2D eigenvalue weighted by Gasteiger charge is -2.38. The fourth-order valence-corrected chi connectivity index (χ4v) is 3.75. The van der Waals surface area contributed by atoms with E-state index in [9.17, 15) is 23.5 Å². The molecule has 5 nitrogen and oxygen atoms in total. The van der Waals surface area contributed by atoms with E-state index < -0.39 is 42.8 Å². The number of alkyl carbamates (subject to hydrolysis) is 1. The average Bonchev–Trinajstić information content (AvgIpc) is 2.51. The van der Waals surface area contributed by atoms with Gasteiger partial charge in [-0.3, -0.25) is 0 Å². The summed E-state index contributed by atoms with van der Waals surface area (Å²) < 4.78 is 32.8. The van der Waals surface area contributed by atoms with Crippen molar-refractivity contribution in [2.45, 2.75) is 77.3 Å². The number of ether oxygens (including phenoxy) is 1. The van der Waals surface area contributed by atoms with E-state index in [4.69, 9.17) is 4.74 Å². The normalized spacial score (nSPS) is 15.0. The molecule has 0 saturated heterocycles. The molecule has 1 aromatic rings. The molecule has 0 saturated carbocycles. The van der Waals surface area contributed by atoms with Crippen LogP contribution in [0, 0.1) is 17.6 Å². The Morgan fingerprint density at radius 2 is 1.79 bits per heavy atom. The van der Waals surface area contributed by atoms with E-state index in [0.29, 0.717) is 6.42 Å². The van der Waals surface area contributed by atoms with Crippen molar-refractivity contribution in [3.63, 3.8) is 0 Å². The quantitative estimate of drug-likeness (QED) is 0.512. The molecule has 1 unspecified atom stereocenters. The van der Waals surface area contributed by atoms with E-state index in [1.54, 1.807) is 20.8 Å². The smallest absolute Gasteiger partial charge is 0.407 e. The van der Waals surface area contributed by atoms with Gasteiger partial charge in [0, 0.05) is 12.1 Å². The Morgan fingerprint density at radius 3 is 2.31 bits per heavy atom. The van der Waals surface area contributed by atoms with Gasteiger partial charge in [0.1, 0.15) is 17.2 Å². The SMILES string of the molecule is CC(C)(C)OC(=O)NC[C@@H](CC(O)c1cc(F)ccc1F)CC(C)(C)[Si](C)(C)O. The topological polar surface area (TPSA) is 78.8 Å². The maximum absolute atomic E-state index is 14.0. The van der Waals surface area contributed by atoms with Crippen LogP contribution in [-0.4, -0.2) is 36.5 Å². The predicted molar refractivity (Wildman–Crippen MR) is 112 cm³/mol. The van der Waals surface area contributed by atoms with Gasteiger partial charge >= 0.3 is 6.09 Å². The molecule has 0 aromatic heterocycles. The highest BCUT2D eigenvalue weighted by Gasteiger charge is 2.40. The Bertz CT molecular complexity index is 699. The number of hydrogen-bond acceptors (Lipinski definition) is 4. The fraction of sp³-hybridized carbons (Fsp3) is 0.667. The lowest BCUT2D eigenvalue weighted by molar-refractivity contribution is 0.0505. The summed E-state index contributed by atoms with van der Waals surface area (Å²) in [6.45, 7) is 13.0. The predicted octanol–water partition coefficient (Wildman–Crippen LogP) is 4.90. The minimum Gasteiger partial charge on any atom is -0.444 e. The first kappa shape index (κ1) is 25.5. The molecule has 0 heterocycles. The molecule has 0 fully saturated rings. The van der Waals surface area contributed by atoms with Crippen molar-refractivity contribution in [1.82, 2.24) is 5.32 Å². The van der Waals surface area contributed by atoms with E-state index >= 15 is 0 Å². The molecule has 1 rings (SSSR count). The van der Waals surface area contributed by atoms with E-state index in [1.165, 1.54) is 0 Å². The second-order valence-corrected chi connectivity index (χ2v) is 14.3. The summed E-state index contributed by atoms with van der Waals surface area (Å²) in [7, 11) is -2.55. The van der Waals surface area contributed by atoms with Gasteiger partial charge in [-0.1, -0.05) is 13.8 Å². The molecule has 3 N–H and O–H groups in total. The van der Waals surface area contributed by atoms with Crippen LogP contribution in [0.25, 0.3) is 0 Å². The van der Waals surface area contributed by atoms with Crippen molar-refractivity contribution >= 4 is 14.4 Å². The van der Waals surface area contributed by atoms with Crippen LogP contribution in [-0.2, 0) is 4.74 Å². The van der Waals surface area contributed by atoms with E-state index in [-0.39, 0.29) is 24.4 Å². The third-order valence-electron chi connectivity index (χ3n) is 5.26. The Kier molecular flexibility index (Phi) is 8.39. The first-order chi connectivity index (χ1) is 13.0. The van der Waals surface area contributed by atoms with Gasteiger partial charge in [-0.05, 0) is 75.9 Å². The minimum absolute atomic E-state index is 0.101. The summed E-state index contributed by atoms with van der Waals surface area (Å²) in [5.41, 5.74) is -0.770. The lowest BCUT2D eigenvalue weighted by Crippen LogP contribution is -2.42. The highest BCUT2D eigenvalue weighted by atomic mass is 28.4. The number of benzene rings is 1. The maximum Gasteiger partial charge on any atom is 0.407 e. The molecule has 29 heavy (non-hydrogen) atoms. The third kappa shape index (κ3) is 8.40. The van der Waals surface area contributed by atoms with Gasteiger partial charge in [0.25, 0.3) is 0 Å². The summed E-state index contributed by atoms with van der Waals surface area (Å²) in [4.78, 5) is 22.6. The number of aliphatic hydroxyl groups excluding tert-OH is 1. The first-order valence-corrected chi connectivity index (χ1v) is 12.8. The number of rotatable bonds is 8. The van der Waals surface area contributed by atoms with Crippen LogP contribution in [0.15, 0.2) is 18.2 Å². The fourth-order valence-electron chi connectivity index (χ4n) is 2.96. The number of carbonyl (C=O) groups is 1. The minimum atomic E-state index is -2.55. The zero-order valence-electron chi connectivity index (χ0n) is 18.5. The van der Waals surface area contributed by atoms with E-state index in [0.717, 1.165) is 18.2 Å². The van der Waals surface area contributed by atoms with Crippen molar-refractivity contribution in [1.29, 1.82) is 0 Å². The third-order valence-corrected chi connectivity index (χ3v) is 8.78. The van der Waals surface area contributed by atoms with Crippen LogP contribution in [0.1, 0.15) is 59.1 Å². The standard InChI is InChI=1S/C21H35F2NO4Si/c1-20(2,3)28-19(26)24-13-14(12-21(4,5)29(6,7)27)10-18(25)16-11-15(22)8-9-17(16)23/h8-9,11,14,18,25,27H,10,12-13H2,1-7H3,(H,24,26)/t14-,18?/m0/s1. The van der Waals surface area contributed by atoms with Gasteiger partial charge in [0.2, 0.25) is 0 Å². The molecular formula is C21H35F2NO4Si. The first-order valence-electron chi connectivity index (χ1n) is 9.84. The van der Waals surface area contributed by atoms with Crippen LogP contribution in [0.3, 0.4) is 0 Å². The monoisotopic (exact) mass is 431 g/mol. The summed E-state index contributed by atoms with van der Waals surface area (Å²) >= 11 is 0. The van der Waals surface area contributed by atoms with Crippen molar-refractivity contribution in [3.05, 3.63) is 35.4 Å². The molecule has 8 heteroatoms. The maximum atomic E-state index is 14.0. The van der Waals surface area contributed by atoms with E-state index in [1.807, 2.05) is 26.9 Å². The van der Waals surface area contributed by atoms with Gasteiger partial charge in [-0.15, -0.1) is 0 Å². The van der Waals surface area contributed by atoms with Gasteiger partial charge in [0.05, 0.1) is 6.10 Å². The zero-order chi connectivity index (χ0) is 22.6. The molecule has 0 spiro atoms. The molecule has 2 atom stereocenters. The van der Waals surface area contributed by atoms with Crippen LogP contribution < -0.4 is 5.32 Å². The van der Waals surface area contributed by atoms with Crippen LogP contribution in [0.4, 0.5) is 13.6 Å². The molecule has 1 aromatic carbocycles. The highest BCUT2D eigenvalue weighted by molar-refractivity contribution is 6.72. The highest BCUT2D eigenvalue weighted by Crippen LogP contribution is 2.43. The number of carbonyl (C=O) groups excluding carboxylic acids is 1. The Hall–Kier alpha value is -1.51. The number of nitrogens with one attached hydrogen (secondary N) is 1. The molecule has 1 amide bonds. The van der Waals surface area contributed by atoms with Gasteiger partial charge in [0.15, 0.2) is 8.32 Å². The number of halogens is 2. The number of aliphatic hydroxyl groups is 1. The summed E-state index contributed by atoms with van der Waals surface area (Å²) in [6, 6.07) is 2.96. The lowest BCUT2D eigenvalue weighted by atomic mass is 9.89.